The molecule has 6 nitrogen and oxygen atoms in total. The zero-order valence-corrected chi connectivity index (χ0v) is 40.9. The Labute approximate surface area is 380 Å². The number of carbonyl (C=O) groups excluding carboxylic acids is 2. The highest BCUT2D eigenvalue weighted by Gasteiger charge is 2.20. The second kappa shape index (κ2) is 51.0. The number of hydrogen-bond acceptors (Lipinski definition) is 5. The van der Waals surface area contributed by atoms with E-state index >= 15 is 0 Å². The predicted molar refractivity (Wildman–Crippen MR) is 264 cm³/mol. The van der Waals surface area contributed by atoms with Crippen molar-refractivity contribution in [2.45, 2.75) is 302 Å². The Hall–Kier alpha value is -1.66. The lowest BCUT2D eigenvalue weighted by Crippen LogP contribution is -2.45. The van der Waals surface area contributed by atoms with E-state index in [4.69, 9.17) is 4.74 Å². The fourth-order valence-corrected chi connectivity index (χ4v) is 8.28. The number of ether oxygens (including phenoxy) is 1. The molecule has 0 bridgehead atoms. The molecule has 0 aliphatic carbocycles. The van der Waals surface area contributed by atoms with Gasteiger partial charge in [0.25, 0.3) is 0 Å². The van der Waals surface area contributed by atoms with Crippen LogP contribution in [0.5, 0.6) is 0 Å². The average molecular weight is 860 g/mol. The van der Waals surface area contributed by atoms with Gasteiger partial charge in [-0.15, -0.1) is 0 Å². The van der Waals surface area contributed by atoms with Gasteiger partial charge in [0, 0.05) is 12.8 Å². The van der Waals surface area contributed by atoms with Crippen LogP contribution >= 0.6 is 0 Å². The van der Waals surface area contributed by atoms with E-state index in [1.807, 2.05) is 0 Å². The number of aliphatic hydroxyl groups excluding tert-OH is 2. The first-order valence-corrected chi connectivity index (χ1v) is 27.1. The van der Waals surface area contributed by atoms with Gasteiger partial charge in [0.15, 0.2) is 0 Å². The van der Waals surface area contributed by atoms with Crippen LogP contribution in [0.25, 0.3) is 0 Å². The van der Waals surface area contributed by atoms with Crippen molar-refractivity contribution < 1.29 is 24.5 Å². The minimum atomic E-state index is -0.695. The Bertz CT molecular complexity index is 951. The smallest absolute Gasteiger partial charge is 0.305 e. The molecule has 0 aliphatic heterocycles. The van der Waals surface area contributed by atoms with E-state index < -0.39 is 12.1 Å². The standard InChI is InChI=1S/C55H105NO5/c1-3-5-7-9-11-13-15-17-19-21-23-24-26-28-31-35-39-43-47-53(58)52(51-57)56-54(59)48-44-40-36-32-30-34-38-42-46-50-61-55(60)49-45-41-37-33-29-27-25-22-20-18-16-14-12-10-8-6-4-2/h18,20,32,36,52-53,57-58H,3-17,19,21-31,33-35,37-51H2,1-2H3,(H,56,59)/b20-18-,36-32-. The van der Waals surface area contributed by atoms with Crippen LogP contribution in [0.1, 0.15) is 290 Å². The lowest BCUT2D eigenvalue weighted by Gasteiger charge is -2.22. The summed E-state index contributed by atoms with van der Waals surface area (Å²) in [4.78, 5) is 24.5. The highest BCUT2D eigenvalue weighted by atomic mass is 16.5. The van der Waals surface area contributed by atoms with Crippen LogP contribution in [0, 0.1) is 0 Å². The van der Waals surface area contributed by atoms with Gasteiger partial charge in [0.2, 0.25) is 5.91 Å². The molecule has 0 fully saturated rings. The fraction of sp³-hybridized carbons (Fsp3) is 0.891. The van der Waals surface area contributed by atoms with Gasteiger partial charge in [-0.2, -0.15) is 0 Å². The quantitative estimate of drug-likeness (QED) is 0.0322. The number of aliphatic hydroxyl groups is 2. The third-order valence-electron chi connectivity index (χ3n) is 12.5. The van der Waals surface area contributed by atoms with Crippen LogP contribution in [-0.2, 0) is 14.3 Å². The molecular weight excluding hydrogens is 755 g/mol. The summed E-state index contributed by atoms with van der Waals surface area (Å²) in [6.07, 6.45) is 60.2. The lowest BCUT2D eigenvalue weighted by molar-refractivity contribution is -0.143. The molecule has 0 spiro atoms. The molecule has 0 aromatic carbocycles. The number of rotatable bonds is 50. The Morgan fingerprint density at radius 1 is 0.443 bits per heavy atom. The minimum Gasteiger partial charge on any atom is -0.466 e. The fourth-order valence-electron chi connectivity index (χ4n) is 8.28. The summed E-state index contributed by atoms with van der Waals surface area (Å²) >= 11 is 0. The summed E-state index contributed by atoms with van der Waals surface area (Å²) in [5, 5.41) is 23.2. The van der Waals surface area contributed by atoms with E-state index in [1.165, 1.54) is 186 Å². The summed E-state index contributed by atoms with van der Waals surface area (Å²) in [7, 11) is 0. The first-order chi connectivity index (χ1) is 30.0. The zero-order valence-electron chi connectivity index (χ0n) is 40.9. The van der Waals surface area contributed by atoms with Crippen LogP contribution in [0.15, 0.2) is 24.3 Å². The van der Waals surface area contributed by atoms with Crippen molar-refractivity contribution in [3.63, 3.8) is 0 Å². The molecule has 0 rings (SSSR count). The molecule has 0 aromatic heterocycles. The molecule has 0 radical (unpaired) electrons. The van der Waals surface area contributed by atoms with E-state index in [9.17, 15) is 19.8 Å². The van der Waals surface area contributed by atoms with E-state index in [-0.39, 0.29) is 18.5 Å². The topological polar surface area (TPSA) is 95.9 Å². The van der Waals surface area contributed by atoms with Gasteiger partial charge in [0.05, 0.1) is 25.4 Å². The van der Waals surface area contributed by atoms with Crippen LogP contribution in [0.3, 0.4) is 0 Å². The van der Waals surface area contributed by atoms with Gasteiger partial charge in [-0.1, -0.05) is 231 Å². The molecule has 2 atom stereocenters. The largest absolute Gasteiger partial charge is 0.466 e. The summed E-state index contributed by atoms with van der Waals surface area (Å²) in [5.41, 5.74) is 0. The third-order valence-corrected chi connectivity index (χ3v) is 12.5. The van der Waals surface area contributed by atoms with Crippen molar-refractivity contribution in [2.24, 2.45) is 0 Å². The second-order valence-electron chi connectivity index (χ2n) is 18.6. The molecule has 3 N–H and O–H groups in total. The number of amides is 1. The van der Waals surface area contributed by atoms with Gasteiger partial charge in [-0.05, 0) is 70.6 Å². The summed E-state index contributed by atoms with van der Waals surface area (Å²) in [6.45, 7) is 4.87. The number of hydrogen-bond donors (Lipinski definition) is 3. The number of unbranched alkanes of at least 4 members (excludes halogenated alkanes) is 35. The van der Waals surface area contributed by atoms with E-state index in [2.05, 4.69) is 43.5 Å². The van der Waals surface area contributed by atoms with Crippen LogP contribution in [0.4, 0.5) is 0 Å². The zero-order chi connectivity index (χ0) is 44.4. The van der Waals surface area contributed by atoms with Crippen molar-refractivity contribution in [1.29, 1.82) is 0 Å². The van der Waals surface area contributed by atoms with Crippen LogP contribution in [0.2, 0.25) is 0 Å². The molecule has 360 valence electrons. The van der Waals surface area contributed by atoms with E-state index in [0.29, 0.717) is 25.9 Å². The number of carbonyl (C=O) groups is 2. The number of esters is 1. The summed E-state index contributed by atoms with van der Waals surface area (Å²) in [5.74, 6) is -0.133. The molecule has 0 saturated carbocycles. The maximum Gasteiger partial charge on any atom is 0.305 e. The van der Waals surface area contributed by atoms with Crippen molar-refractivity contribution in [2.75, 3.05) is 13.2 Å². The van der Waals surface area contributed by atoms with Crippen molar-refractivity contribution >= 4 is 11.9 Å². The Balaban J connectivity index is 3.53. The summed E-state index contributed by atoms with van der Waals surface area (Å²) in [6, 6.07) is -0.579. The van der Waals surface area contributed by atoms with Crippen molar-refractivity contribution in [3.8, 4) is 0 Å². The molecule has 0 aliphatic rings. The van der Waals surface area contributed by atoms with Gasteiger partial charge >= 0.3 is 5.97 Å². The highest BCUT2D eigenvalue weighted by Crippen LogP contribution is 2.16. The Morgan fingerprint density at radius 3 is 1.20 bits per heavy atom. The molecule has 2 unspecified atom stereocenters. The first kappa shape index (κ1) is 59.3. The molecule has 0 saturated heterocycles. The third kappa shape index (κ3) is 47.7. The molecule has 1 amide bonds. The van der Waals surface area contributed by atoms with E-state index in [1.54, 1.807) is 0 Å². The maximum atomic E-state index is 12.4. The van der Waals surface area contributed by atoms with Gasteiger partial charge in [0.1, 0.15) is 0 Å². The number of nitrogens with one attached hydrogen (secondary N) is 1. The first-order valence-electron chi connectivity index (χ1n) is 27.1. The molecule has 0 heterocycles. The molecule has 61 heavy (non-hydrogen) atoms. The SMILES string of the molecule is CCCCCCCC/C=C\CCCCCCCCCC(=O)OCCCCCC/C=C\CCCC(=O)NC(CO)C(O)CCCCCCCCCCCCCCCCCCCC. The van der Waals surface area contributed by atoms with Gasteiger partial charge in [-0.3, -0.25) is 9.59 Å². The number of allylic oxidation sites excluding steroid dienone is 4. The molecular formula is C55H105NO5. The molecule has 0 aromatic rings. The monoisotopic (exact) mass is 860 g/mol. The second-order valence-corrected chi connectivity index (χ2v) is 18.6. The van der Waals surface area contributed by atoms with Crippen molar-refractivity contribution in [1.82, 2.24) is 5.32 Å². The highest BCUT2D eigenvalue weighted by molar-refractivity contribution is 5.76. The summed E-state index contributed by atoms with van der Waals surface area (Å²) < 4.78 is 5.45. The van der Waals surface area contributed by atoms with Gasteiger partial charge < -0.3 is 20.3 Å². The van der Waals surface area contributed by atoms with Crippen LogP contribution in [-0.4, -0.2) is 47.4 Å². The van der Waals surface area contributed by atoms with Crippen molar-refractivity contribution in [3.05, 3.63) is 24.3 Å². The van der Waals surface area contributed by atoms with Gasteiger partial charge in [-0.25, -0.2) is 0 Å². The normalized spacial score (nSPS) is 12.8. The van der Waals surface area contributed by atoms with Crippen LogP contribution < -0.4 is 5.32 Å². The average Bonchev–Trinajstić information content (AvgIpc) is 3.26. The van der Waals surface area contributed by atoms with E-state index in [0.717, 1.165) is 70.6 Å². The molecule has 6 heteroatoms. The lowest BCUT2D eigenvalue weighted by atomic mass is 10.0. The minimum absolute atomic E-state index is 0.0386. The maximum absolute atomic E-state index is 12.4. The Morgan fingerprint density at radius 2 is 0.787 bits per heavy atom. The Kier molecular flexibility index (Phi) is 49.6. The predicted octanol–water partition coefficient (Wildman–Crippen LogP) is 16.3.